The van der Waals surface area contributed by atoms with Crippen molar-refractivity contribution in [3.63, 3.8) is 0 Å². The summed E-state index contributed by atoms with van der Waals surface area (Å²) in [6.45, 7) is 2.06. The van der Waals surface area contributed by atoms with Crippen LogP contribution >= 0.6 is 23.8 Å². The largest absolute Gasteiger partial charge is 0.195 e. The van der Waals surface area contributed by atoms with Gasteiger partial charge >= 0.3 is 0 Å². The summed E-state index contributed by atoms with van der Waals surface area (Å²) in [5.74, 6) is 0. The minimum Gasteiger partial charge on any atom is -0.195 e. The van der Waals surface area contributed by atoms with Gasteiger partial charge in [-0.3, -0.25) is 0 Å². The predicted octanol–water partition coefficient (Wildman–Crippen LogP) is 3.64. The molecule has 1 nitrogen and oxygen atoms in total. The second-order valence-corrected chi connectivity index (χ2v) is 2.92. The summed E-state index contributed by atoms with van der Waals surface area (Å²) in [6.07, 6.45) is 0.931. The van der Waals surface area contributed by atoms with E-state index in [0.717, 1.165) is 22.7 Å². The molecule has 0 N–H and O–H groups in total. The van der Waals surface area contributed by atoms with Gasteiger partial charge in [0.05, 0.1) is 10.8 Å². The van der Waals surface area contributed by atoms with Crippen LogP contribution in [0.15, 0.2) is 23.2 Å². The van der Waals surface area contributed by atoms with E-state index < -0.39 is 0 Å². The zero-order valence-electron chi connectivity index (χ0n) is 6.67. The van der Waals surface area contributed by atoms with Crippen LogP contribution < -0.4 is 0 Å². The molecule has 0 aliphatic rings. The summed E-state index contributed by atoms with van der Waals surface area (Å²) >= 11 is 10.4. The highest BCUT2D eigenvalue weighted by atomic mass is 35.5. The lowest BCUT2D eigenvalue weighted by molar-refractivity contribution is 1.14. The van der Waals surface area contributed by atoms with Gasteiger partial charge in [0.25, 0.3) is 0 Å². The number of halogens is 1. The molecule has 0 aromatic heterocycles. The van der Waals surface area contributed by atoms with Crippen LogP contribution in [0.3, 0.4) is 0 Å². The smallest absolute Gasteiger partial charge is 0.0754 e. The molecule has 62 valence electrons. The van der Waals surface area contributed by atoms with Gasteiger partial charge < -0.3 is 0 Å². The summed E-state index contributed by atoms with van der Waals surface area (Å²) in [5.41, 5.74) is 1.88. The molecule has 0 fully saturated rings. The number of hydrogen-bond acceptors (Lipinski definition) is 2. The third kappa shape index (κ3) is 2.15. The van der Waals surface area contributed by atoms with Crippen molar-refractivity contribution in [2.45, 2.75) is 13.3 Å². The van der Waals surface area contributed by atoms with Gasteiger partial charge in [-0.2, -0.15) is 4.99 Å². The number of thiocarbonyl (C=S) groups is 1. The van der Waals surface area contributed by atoms with Gasteiger partial charge in [0.1, 0.15) is 0 Å². The summed E-state index contributed by atoms with van der Waals surface area (Å²) in [7, 11) is 0. The molecule has 3 heteroatoms. The van der Waals surface area contributed by atoms with Crippen molar-refractivity contribution in [3.8, 4) is 0 Å². The monoisotopic (exact) mass is 197 g/mol. The van der Waals surface area contributed by atoms with Gasteiger partial charge in [-0.1, -0.05) is 24.6 Å². The van der Waals surface area contributed by atoms with Gasteiger partial charge in [0.15, 0.2) is 0 Å². The van der Waals surface area contributed by atoms with Gasteiger partial charge in [-0.05, 0) is 36.3 Å². The Kier molecular flexibility index (Phi) is 3.42. The molecule has 1 aromatic rings. The van der Waals surface area contributed by atoms with E-state index in [1.165, 1.54) is 0 Å². The van der Waals surface area contributed by atoms with E-state index in [2.05, 4.69) is 29.3 Å². The Morgan fingerprint density at radius 2 is 2.33 bits per heavy atom. The second kappa shape index (κ2) is 4.36. The van der Waals surface area contributed by atoms with Crippen molar-refractivity contribution < 1.29 is 0 Å². The molecule has 12 heavy (non-hydrogen) atoms. The van der Waals surface area contributed by atoms with Crippen molar-refractivity contribution in [2.24, 2.45) is 4.99 Å². The van der Waals surface area contributed by atoms with Crippen LogP contribution in [0.4, 0.5) is 5.69 Å². The Hall–Kier alpha value is -0.690. The van der Waals surface area contributed by atoms with Crippen molar-refractivity contribution in [2.75, 3.05) is 0 Å². The van der Waals surface area contributed by atoms with E-state index in [4.69, 9.17) is 11.6 Å². The zero-order chi connectivity index (χ0) is 8.97. The summed E-state index contributed by atoms with van der Waals surface area (Å²) in [4.78, 5) is 3.82. The number of hydrogen-bond donors (Lipinski definition) is 0. The number of aryl methyl sites for hydroxylation is 1. The maximum atomic E-state index is 5.94. The quantitative estimate of drug-likeness (QED) is 0.521. The number of benzene rings is 1. The van der Waals surface area contributed by atoms with Crippen LogP contribution in [0.25, 0.3) is 0 Å². The number of aliphatic imine (C=N–C) groups is 1. The van der Waals surface area contributed by atoms with Crippen LogP contribution in [0, 0.1) is 0 Å². The maximum absolute atomic E-state index is 5.94. The molecule has 0 aliphatic carbocycles. The lowest BCUT2D eigenvalue weighted by atomic mass is 10.1. The molecule has 0 radical (unpaired) electrons. The molecule has 0 spiro atoms. The molecule has 1 rings (SSSR count). The highest BCUT2D eigenvalue weighted by molar-refractivity contribution is 7.78. The molecular weight excluding hydrogens is 190 g/mol. The third-order valence-corrected chi connectivity index (χ3v) is 2.04. The SMILES string of the molecule is CCc1ccc(N=C=S)cc1Cl. The number of isothiocyanates is 1. The van der Waals surface area contributed by atoms with Crippen LogP contribution in [0.1, 0.15) is 12.5 Å². The molecule has 0 aliphatic heterocycles. The Morgan fingerprint density at radius 1 is 1.58 bits per heavy atom. The van der Waals surface area contributed by atoms with Crippen LogP contribution in [0.5, 0.6) is 0 Å². The van der Waals surface area contributed by atoms with Gasteiger partial charge in [-0.15, -0.1) is 0 Å². The fourth-order valence-corrected chi connectivity index (χ4v) is 1.36. The molecule has 0 unspecified atom stereocenters. The minimum absolute atomic E-state index is 0.740. The highest BCUT2D eigenvalue weighted by Crippen LogP contribution is 2.22. The highest BCUT2D eigenvalue weighted by Gasteiger charge is 1.97. The third-order valence-electron chi connectivity index (χ3n) is 1.59. The Labute approximate surface area is 82.1 Å². The van der Waals surface area contributed by atoms with Gasteiger partial charge in [0, 0.05) is 5.02 Å². The average molecular weight is 198 g/mol. The lowest BCUT2D eigenvalue weighted by Crippen LogP contribution is -1.79. The summed E-state index contributed by atoms with van der Waals surface area (Å²) < 4.78 is 0. The zero-order valence-corrected chi connectivity index (χ0v) is 8.25. The predicted molar refractivity (Wildman–Crippen MR) is 55.5 cm³/mol. The summed E-state index contributed by atoms with van der Waals surface area (Å²) in [6, 6.07) is 5.62. The Balaban J connectivity index is 3.09. The van der Waals surface area contributed by atoms with E-state index in [-0.39, 0.29) is 0 Å². The topological polar surface area (TPSA) is 12.4 Å². The Morgan fingerprint density at radius 3 is 2.83 bits per heavy atom. The first-order valence-electron chi connectivity index (χ1n) is 3.64. The maximum Gasteiger partial charge on any atom is 0.0754 e. The molecule has 0 amide bonds. The van der Waals surface area contributed by atoms with E-state index in [0.29, 0.717) is 0 Å². The number of nitrogens with zero attached hydrogens (tertiary/aromatic N) is 1. The molecular formula is C9H8ClNS. The standard InChI is InChI=1S/C9H8ClNS/c1-2-7-3-4-8(11-6-12)5-9(7)10/h3-5H,2H2,1H3. The summed E-state index contributed by atoms with van der Waals surface area (Å²) in [5, 5.41) is 3.04. The van der Waals surface area contributed by atoms with E-state index in [1.54, 1.807) is 6.07 Å². The second-order valence-electron chi connectivity index (χ2n) is 2.33. The van der Waals surface area contributed by atoms with E-state index >= 15 is 0 Å². The van der Waals surface area contributed by atoms with Crippen LogP contribution in [-0.4, -0.2) is 5.16 Å². The lowest BCUT2D eigenvalue weighted by Gasteiger charge is -1.99. The van der Waals surface area contributed by atoms with Crippen LogP contribution in [-0.2, 0) is 6.42 Å². The average Bonchev–Trinajstić information content (AvgIpc) is 2.05. The van der Waals surface area contributed by atoms with E-state index in [9.17, 15) is 0 Å². The van der Waals surface area contributed by atoms with Crippen molar-refractivity contribution in [3.05, 3.63) is 28.8 Å². The Bertz CT molecular complexity index is 329. The van der Waals surface area contributed by atoms with Crippen molar-refractivity contribution in [1.82, 2.24) is 0 Å². The fraction of sp³-hybridized carbons (Fsp3) is 0.222. The van der Waals surface area contributed by atoms with Crippen molar-refractivity contribution >= 4 is 34.7 Å². The first-order valence-corrected chi connectivity index (χ1v) is 4.43. The molecule has 0 saturated heterocycles. The molecule has 0 heterocycles. The first-order chi connectivity index (χ1) is 5.77. The molecule has 0 bridgehead atoms. The van der Waals surface area contributed by atoms with Crippen molar-refractivity contribution in [1.29, 1.82) is 0 Å². The van der Waals surface area contributed by atoms with E-state index in [1.807, 2.05) is 12.1 Å². The fourth-order valence-electron chi connectivity index (χ4n) is 0.945. The minimum atomic E-state index is 0.740. The molecule has 1 aromatic carbocycles. The van der Waals surface area contributed by atoms with Crippen LogP contribution in [0.2, 0.25) is 5.02 Å². The normalized spacial score (nSPS) is 9.17. The van der Waals surface area contributed by atoms with Gasteiger partial charge in [0.2, 0.25) is 0 Å². The number of rotatable bonds is 2. The molecule has 0 saturated carbocycles. The first kappa shape index (κ1) is 9.40. The van der Waals surface area contributed by atoms with Gasteiger partial charge in [-0.25, -0.2) is 0 Å². The molecule has 0 atom stereocenters.